The zero-order chi connectivity index (χ0) is 10.6. The Bertz CT molecular complexity index is 154. The van der Waals surface area contributed by atoms with Gasteiger partial charge in [0.2, 0.25) is 0 Å². The average Bonchev–Trinajstić information content (AvgIpc) is 2.94. The van der Waals surface area contributed by atoms with Crippen LogP contribution in [0.25, 0.3) is 0 Å². The van der Waals surface area contributed by atoms with Crippen molar-refractivity contribution in [2.24, 2.45) is 11.8 Å². The van der Waals surface area contributed by atoms with Crippen LogP contribution in [0.5, 0.6) is 0 Å². The van der Waals surface area contributed by atoms with Crippen LogP contribution in [0.4, 0.5) is 0 Å². The van der Waals surface area contributed by atoms with Gasteiger partial charge in [-0.3, -0.25) is 0 Å². The Morgan fingerprint density at radius 3 is 2.36 bits per heavy atom. The number of hydrogen-bond donors (Lipinski definition) is 1. The molecule has 1 N–H and O–H groups in total. The van der Waals surface area contributed by atoms with E-state index >= 15 is 0 Å². The lowest BCUT2D eigenvalue weighted by Gasteiger charge is -2.25. The molecule has 1 aliphatic carbocycles. The second-order valence-electron chi connectivity index (χ2n) is 5.20. The van der Waals surface area contributed by atoms with Crippen LogP contribution in [0.1, 0.15) is 40.0 Å². The van der Waals surface area contributed by atoms with Crippen molar-refractivity contribution in [3.63, 3.8) is 0 Å². The van der Waals surface area contributed by atoms with Crippen molar-refractivity contribution in [3.05, 3.63) is 0 Å². The first kappa shape index (κ1) is 12.0. The second kappa shape index (κ2) is 5.72. The van der Waals surface area contributed by atoms with Gasteiger partial charge in [-0.05, 0) is 37.6 Å². The molecule has 0 radical (unpaired) electrons. The molecule has 0 bridgehead atoms. The highest BCUT2D eigenvalue weighted by molar-refractivity contribution is 4.85. The van der Waals surface area contributed by atoms with E-state index in [1.807, 2.05) is 0 Å². The number of rotatable bonds is 7. The van der Waals surface area contributed by atoms with Gasteiger partial charge in [-0.15, -0.1) is 0 Å². The van der Waals surface area contributed by atoms with E-state index in [0.717, 1.165) is 18.5 Å². The van der Waals surface area contributed by atoms with Gasteiger partial charge < -0.3 is 10.0 Å². The molecule has 0 aromatic carbocycles. The Morgan fingerprint density at radius 2 is 1.93 bits per heavy atom. The van der Waals surface area contributed by atoms with E-state index in [1.165, 1.54) is 25.8 Å². The fraction of sp³-hybridized carbons (Fsp3) is 1.00. The van der Waals surface area contributed by atoms with Gasteiger partial charge in [0.15, 0.2) is 0 Å². The minimum atomic E-state index is 0.324. The summed E-state index contributed by atoms with van der Waals surface area (Å²) in [6.45, 7) is 9.30. The van der Waals surface area contributed by atoms with Crippen LogP contribution < -0.4 is 0 Å². The van der Waals surface area contributed by atoms with Crippen LogP contribution in [-0.2, 0) is 0 Å². The largest absolute Gasteiger partial charge is 0.396 e. The Hall–Kier alpha value is -0.0800. The molecular formula is C12H25NO. The van der Waals surface area contributed by atoms with Crippen LogP contribution in [0.15, 0.2) is 0 Å². The molecule has 0 aromatic heterocycles. The van der Waals surface area contributed by atoms with E-state index in [-0.39, 0.29) is 0 Å². The zero-order valence-electron chi connectivity index (χ0n) is 9.87. The van der Waals surface area contributed by atoms with Gasteiger partial charge in [0.1, 0.15) is 0 Å². The minimum Gasteiger partial charge on any atom is -0.396 e. The standard InChI is InChI=1S/C12H25NO/c1-10(2)6-7-13(12-4-5-12)8-11(3)9-14/h10-12,14H,4-9H2,1-3H3. The van der Waals surface area contributed by atoms with Crippen molar-refractivity contribution in [1.82, 2.24) is 4.90 Å². The van der Waals surface area contributed by atoms with Crippen LogP contribution in [-0.4, -0.2) is 35.7 Å². The lowest BCUT2D eigenvalue weighted by Crippen LogP contribution is -2.33. The van der Waals surface area contributed by atoms with Gasteiger partial charge in [0.05, 0.1) is 0 Å². The van der Waals surface area contributed by atoms with Gasteiger partial charge in [-0.25, -0.2) is 0 Å². The smallest absolute Gasteiger partial charge is 0.0468 e. The quantitative estimate of drug-likeness (QED) is 0.679. The fourth-order valence-electron chi connectivity index (χ4n) is 1.74. The first-order valence-electron chi connectivity index (χ1n) is 5.98. The van der Waals surface area contributed by atoms with Crippen LogP contribution in [0.2, 0.25) is 0 Å². The number of aliphatic hydroxyl groups is 1. The highest BCUT2D eigenvalue weighted by Gasteiger charge is 2.29. The molecule has 1 atom stereocenters. The van der Waals surface area contributed by atoms with Gasteiger partial charge in [-0.1, -0.05) is 20.8 Å². The van der Waals surface area contributed by atoms with Crippen LogP contribution in [0, 0.1) is 11.8 Å². The highest BCUT2D eigenvalue weighted by atomic mass is 16.3. The second-order valence-corrected chi connectivity index (χ2v) is 5.20. The van der Waals surface area contributed by atoms with Crippen LogP contribution in [0.3, 0.4) is 0 Å². The molecular weight excluding hydrogens is 174 g/mol. The summed E-state index contributed by atoms with van der Waals surface area (Å²) in [6.07, 6.45) is 4.03. The summed E-state index contributed by atoms with van der Waals surface area (Å²) in [5.41, 5.74) is 0. The van der Waals surface area contributed by atoms with Crippen molar-refractivity contribution >= 4 is 0 Å². The summed E-state index contributed by atoms with van der Waals surface area (Å²) in [5.74, 6) is 1.23. The molecule has 0 aliphatic heterocycles. The first-order chi connectivity index (χ1) is 6.63. The van der Waals surface area contributed by atoms with Crippen LogP contribution >= 0.6 is 0 Å². The third-order valence-corrected chi connectivity index (χ3v) is 2.91. The predicted molar refractivity (Wildman–Crippen MR) is 60.3 cm³/mol. The fourth-order valence-corrected chi connectivity index (χ4v) is 1.74. The zero-order valence-corrected chi connectivity index (χ0v) is 9.87. The number of aliphatic hydroxyl groups excluding tert-OH is 1. The van der Waals surface area contributed by atoms with Crippen molar-refractivity contribution < 1.29 is 5.11 Å². The highest BCUT2D eigenvalue weighted by Crippen LogP contribution is 2.28. The van der Waals surface area contributed by atoms with E-state index in [0.29, 0.717) is 12.5 Å². The third kappa shape index (κ3) is 4.43. The van der Waals surface area contributed by atoms with Gasteiger partial charge >= 0.3 is 0 Å². The van der Waals surface area contributed by atoms with E-state index in [4.69, 9.17) is 5.11 Å². The minimum absolute atomic E-state index is 0.324. The molecule has 1 rings (SSSR count). The molecule has 0 amide bonds. The maximum Gasteiger partial charge on any atom is 0.0468 e. The number of hydrogen-bond acceptors (Lipinski definition) is 2. The first-order valence-corrected chi connectivity index (χ1v) is 5.98. The molecule has 1 saturated carbocycles. The Balaban J connectivity index is 2.24. The topological polar surface area (TPSA) is 23.5 Å². The molecule has 84 valence electrons. The summed E-state index contributed by atoms with van der Waals surface area (Å²) in [5, 5.41) is 9.04. The molecule has 0 aromatic rings. The Labute approximate surface area is 88.3 Å². The van der Waals surface area contributed by atoms with E-state index < -0.39 is 0 Å². The van der Waals surface area contributed by atoms with E-state index in [2.05, 4.69) is 25.7 Å². The molecule has 1 fully saturated rings. The molecule has 0 heterocycles. The number of nitrogens with zero attached hydrogens (tertiary/aromatic N) is 1. The molecule has 0 spiro atoms. The van der Waals surface area contributed by atoms with Gasteiger partial charge in [0.25, 0.3) is 0 Å². The summed E-state index contributed by atoms with van der Waals surface area (Å²) in [6, 6.07) is 0.836. The summed E-state index contributed by atoms with van der Waals surface area (Å²) in [7, 11) is 0. The SMILES string of the molecule is CC(C)CCN(CC(C)CO)C1CC1. The van der Waals surface area contributed by atoms with E-state index in [1.54, 1.807) is 0 Å². The molecule has 1 aliphatic rings. The predicted octanol–water partition coefficient (Wildman–Crippen LogP) is 2.13. The van der Waals surface area contributed by atoms with Crippen molar-refractivity contribution in [1.29, 1.82) is 0 Å². The maximum atomic E-state index is 9.04. The lowest BCUT2D eigenvalue weighted by molar-refractivity contribution is 0.163. The van der Waals surface area contributed by atoms with Crippen molar-refractivity contribution in [3.8, 4) is 0 Å². The maximum absolute atomic E-state index is 9.04. The summed E-state index contributed by atoms with van der Waals surface area (Å²) in [4.78, 5) is 2.57. The monoisotopic (exact) mass is 199 g/mol. The normalized spacial score (nSPS) is 19.3. The molecule has 14 heavy (non-hydrogen) atoms. The van der Waals surface area contributed by atoms with Gasteiger partial charge in [-0.2, -0.15) is 0 Å². The molecule has 2 nitrogen and oxygen atoms in total. The lowest BCUT2D eigenvalue weighted by atomic mass is 10.1. The molecule has 2 heteroatoms. The summed E-state index contributed by atoms with van der Waals surface area (Å²) < 4.78 is 0. The Kier molecular flexibility index (Phi) is 4.90. The van der Waals surface area contributed by atoms with E-state index in [9.17, 15) is 0 Å². The van der Waals surface area contributed by atoms with Crippen molar-refractivity contribution in [2.75, 3.05) is 19.7 Å². The Morgan fingerprint density at radius 1 is 1.29 bits per heavy atom. The average molecular weight is 199 g/mol. The molecule has 1 unspecified atom stereocenters. The molecule has 0 saturated heterocycles. The summed E-state index contributed by atoms with van der Waals surface area (Å²) >= 11 is 0. The van der Waals surface area contributed by atoms with Gasteiger partial charge in [0, 0.05) is 19.2 Å². The van der Waals surface area contributed by atoms with Crippen molar-refractivity contribution in [2.45, 2.75) is 46.1 Å². The third-order valence-electron chi connectivity index (χ3n) is 2.91.